The third kappa shape index (κ3) is 4.87. The van der Waals surface area contributed by atoms with Crippen LogP contribution in [-0.4, -0.2) is 33.0 Å². The molecule has 0 radical (unpaired) electrons. The maximum Gasteiger partial charge on any atom is 0.262 e. The number of aldehydes is 1. The summed E-state index contributed by atoms with van der Waals surface area (Å²) in [6.45, 7) is -0.282. The summed E-state index contributed by atoms with van der Waals surface area (Å²) < 4.78 is 16.5. The van der Waals surface area contributed by atoms with E-state index >= 15 is 0 Å². The van der Waals surface area contributed by atoms with E-state index in [1.165, 1.54) is 20.3 Å². The summed E-state index contributed by atoms with van der Waals surface area (Å²) in [5.74, 6) is 0.706. The van der Waals surface area contributed by atoms with Gasteiger partial charge < -0.3 is 19.5 Å². The van der Waals surface area contributed by atoms with Gasteiger partial charge in [-0.15, -0.1) is 0 Å². The molecular weight excluding hydrogens is 414 g/mol. The van der Waals surface area contributed by atoms with Crippen LogP contribution in [0.4, 0.5) is 5.69 Å². The van der Waals surface area contributed by atoms with Gasteiger partial charge in [0.25, 0.3) is 5.91 Å². The van der Waals surface area contributed by atoms with Gasteiger partial charge in [-0.1, -0.05) is 27.5 Å². The van der Waals surface area contributed by atoms with Gasteiger partial charge in [-0.3, -0.25) is 9.59 Å². The van der Waals surface area contributed by atoms with Crippen LogP contribution in [0, 0.1) is 0 Å². The van der Waals surface area contributed by atoms with Crippen LogP contribution in [0.2, 0.25) is 5.02 Å². The molecule has 0 unspecified atom stereocenters. The Morgan fingerprint density at radius 3 is 2.52 bits per heavy atom. The van der Waals surface area contributed by atoms with Crippen LogP contribution in [0.3, 0.4) is 0 Å². The van der Waals surface area contributed by atoms with Crippen LogP contribution in [0.5, 0.6) is 17.2 Å². The number of ether oxygens (including phenoxy) is 3. The molecule has 0 aliphatic carbocycles. The summed E-state index contributed by atoms with van der Waals surface area (Å²) in [7, 11) is 2.95. The van der Waals surface area contributed by atoms with Gasteiger partial charge in [-0.25, -0.2) is 0 Å². The molecule has 0 aromatic heterocycles. The highest BCUT2D eigenvalue weighted by molar-refractivity contribution is 9.10. The molecule has 0 spiro atoms. The maximum atomic E-state index is 12.1. The molecule has 0 saturated heterocycles. The minimum atomic E-state index is -0.431. The molecule has 1 N–H and O–H groups in total. The molecule has 132 valence electrons. The number of anilines is 1. The fourth-order valence-electron chi connectivity index (χ4n) is 2.03. The molecule has 8 heteroatoms. The second kappa shape index (κ2) is 8.73. The second-order valence-electron chi connectivity index (χ2n) is 4.82. The average molecular weight is 429 g/mol. The van der Waals surface area contributed by atoms with Crippen molar-refractivity contribution in [3.63, 3.8) is 0 Å². The smallest absolute Gasteiger partial charge is 0.262 e. The molecule has 0 fully saturated rings. The lowest BCUT2D eigenvalue weighted by molar-refractivity contribution is -0.118. The third-order valence-electron chi connectivity index (χ3n) is 3.21. The molecule has 6 nitrogen and oxygen atoms in total. The number of rotatable bonds is 7. The molecule has 0 aliphatic heterocycles. The highest BCUT2D eigenvalue weighted by atomic mass is 79.9. The van der Waals surface area contributed by atoms with Gasteiger partial charge in [-0.2, -0.15) is 0 Å². The van der Waals surface area contributed by atoms with Crippen molar-refractivity contribution in [3.05, 3.63) is 45.4 Å². The number of halogens is 2. The number of methoxy groups -OCH3 is 2. The van der Waals surface area contributed by atoms with Crippen LogP contribution >= 0.6 is 27.5 Å². The molecule has 0 saturated carbocycles. The van der Waals surface area contributed by atoms with E-state index in [0.29, 0.717) is 39.8 Å². The Bertz CT molecular complexity index is 797. The van der Waals surface area contributed by atoms with Crippen LogP contribution in [0.25, 0.3) is 0 Å². The van der Waals surface area contributed by atoms with Crippen LogP contribution in [0.1, 0.15) is 10.4 Å². The van der Waals surface area contributed by atoms with Gasteiger partial charge in [0.2, 0.25) is 0 Å². The number of carbonyl (C=O) groups is 2. The predicted octanol–water partition coefficient (Wildman–Crippen LogP) is 3.95. The van der Waals surface area contributed by atoms with Gasteiger partial charge in [0.05, 0.1) is 30.5 Å². The lowest BCUT2D eigenvalue weighted by atomic mass is 10.2. The Kier molecular flexibility index (Phi) is 6.66. The Morgan fingerprint density at radius 1 is 1.16 bits per heavy atom. The molecule has 0 atom stereocenters. The summed E-state index contributed by atoms with van der Waals surface area (Å²) >= 11 is 9.33. The zero-order chi connectivity index (χ0) is 18.4. The second-order valence-corrected chi connectivity index (χ2v) is 6.15. The Balaban J connectivity index is 2.08. The SMILES string of the molecule is COc1cc(OC)c(NC(=O)COc2ccc(Br)cc2C=O)cc1Cl. The van der Waals surface area contributed by atoms with Crippen molar-refractivity contribution < 1.29 is 23.8 Å². The lowest BCUT2D eigenvalue weighted by Gasteiger charge is -2.14. The van der Waals surface area contributed by atoms with E-state index in [9.17, 15) is 9.59 Å². The predicted molar refractivity (Wildman–Crippen MR) is 98.2 cm³/mol. The van der Waals surface area contributed by atoms with E-state index in [4.69, 9.17) is 25.8 Å². The normalized spacial score (nSPS) is 10.1. The fourth-order valence-corrected chi connectivity index (χ4v) is 2.65. The van der Waals surface area contributed by atoms with Crippen molar-refractivity contribution in [2.45, 2.75) is 0 Å². The van der Waals surface area contributed by atoms with Crippen molar-refractivity contribution in [2.24, 2.45) is 0 Å². The van der Waals surface area contributed by atoms with Crippen LogP contribution < -0.4 is 19.5 Å². The van der Waals surface area contributed by atoms with Gasteiger partial charge in [-0.05, 0) is 24.3 Å². The molecule has 0 bridgehead atoms. The Morgan fingerprint density at radius 2 is 1.88 bits per heavy atom. The highest BCUT2D eigenvalue weighted by Crippen LogP contribution is 2.35. The van der Waals surface area contributed by atoms with Gasteiger partial charge in [0.1, 0.15) is 17.2 Å². The lowest BCUT2D eigenvalue weighted by Crippen LogP contribution is -2.21. The molecule has 2 aromatic rings. The molecule has 2 aromatic carbocycles. The van der Waals surface area contributed by atoms with Crippen LogP contribution in [0.15, 0.2) is 34.8 Å². The first-order valence-corrected chi connectivity index (χ1v) is 8.24. The molecular formula is C17H15BrClNO5. The minimum absolute atomic E-state index is 0.282. The first kappa shape index (κ1) is 19.1. The first-order valence-electron chi connectivity index (χ1n) is 7.07. The fraction of sp³-hybridized carbons (Fsp3) is 0.176. The zero-order valence-electron chi connectivity index (χ0n) is 13.5. The average Bonchev–Trinajstić information content (AvgIpc) is 2.60. The standard InChI is InChI=1S/C17H15BrClNO5/c1-23-15-7-16(24-2)13(6-12(15)19)20-17(22)9-25-14-4-3-11(18)5-10(14)8-21/h3-8H,9H2,1-2H3,(H,20,22). The molecule has 2 rings (SSSR count). The largest absolute Gasteiger partial charge is 0.495 e. The summed E-state index contributed by atoms with van der Waals surface area (Å²) in [6.07, 6.45) is 0.657. The Labute approximate surface area is 158 Å². The number of nitrogens with one attached hydrogen (secondary N) is 1. The minimum Gasteiger partial charge on any atom is -0.495 e. The van der Waals surface area contributed by atoms with Crippen molar-refractivity contribution >= 4 is 45.4 Å². The van der Waals surface area contributed by atoms with E-state index in [0.717, 1.165) is 4.47 Å². The van der Waals surface area contributed by atoms with Gasteiger partial charge in [0.15, 0.2) is 12.9 Å². The number of amides is 1. The maximum absolute atomic E-state index is 12.1. The highest BCUT2D eigenvalue weighted by Gasteiger charge is 2.13. The van der Waals surface area contributed by atoms with Gasteiger partial charge in [0, 0.05) is 10.5 Å². The van der Waals surface area contributed by atoms with E-state index in [1.807, 2.05) is 0 Å². The molecule has 25 heavy (non-hydrogen) atoms. The number of hydrogen-bond donors (Lipinski definition) is 1. The quantitative estimate of drug-likeness (QED) is 0.676. The number of hydrogen-bond acceptors (Lipinski definition) is 5. The van der Waals surface area contributed by atoms with E-state index in [1.54, 1.807) is 24.3 Å². The summed E-state index contributed by atoms with van der Waals surface area (Å²) in [5, 5.41) is 2.98. The number of carbonyl (C=O) groups excluding carboxylic acids is 2. The van der Waals surface area contributed by atoms with Crippen molar-refractivity contribution in [2.75, 3.05) is 26.1 Å². The zero-order valence-corrected chi connectivity index (χ0v) is 15.8. The van der Waals surface area contributed by atoms with E-state index < -0.39 is 5.91 Å². The van der Waals surface area contributed by atoms with Crippen molar-refractivity contribution in [3.8, 4) is 17.2 Å². The van der Waals surface area contributed by atoms with E-state index in [-0.39, 0.29) is 6.61 Å². The molecule has 0 aliphatic rings. The first-order chi connectivity index (χ1) is 12.0. The monoisotopic (exact) mass is 427 g/mol. The summed E-state index contributed by atoms with van der Waals surface area (Å²) in [4.78, 5) is 23.2. The van der Waals surface area contributed by atoms with Gasteiger partial charge >= 0.3 is 0 Å². The summed E-state index contributed by atoms with van der Waals surface area (Å²) in [5.41, 5.74) is 0.723. The molecule has 1 amide bonds. The van der Waals surface area contributed by atoms with E-state index in [2.05, 4.69) is 21.2 Å². The van der Waals surface area contributed by atoms with Crippen molar-refractivity contribution in [1.29, 1.82) is 0 Å². The van der Waals surface area contributed by atoms with Crippen molar-refractivity contribution in [1.82, 2.24) is 0 Å². The summed E-state index contributed by atoms with van der Waals surface area (Å²) in [6, 6.07) is 8.01. The number of benzene rings is 2. The Hall–Kier alpha value is -2.25. The topological polar surface area (TPSA) is 73.9 Å². The van der Waals surface area contributed by atoms with Crippen LogP contribution in [-0.2, 0) is 4.79 Å². The third-order valence-corrected chi connectivity index (χ3v) is 3.99. The molecule has 0 heterocycles.